The van der Waals surface area contributed by atoms with Gasteiger partial charge in [-0.3, -0.25) is 4.79 Å². The van der Waals surface area contributed by atoms with Gasteiger partial charge in [-0.05, 0) is 0 Å². The Kier molecular flexibility index (Phi) is 9.00. The van der Waals surface area contributed by atoms with Crippen LogP contribution >= 0.6 is 23.5 Å². The van der Waals surface area contributed by atoms with E-state index in [-0.39, 0.29) is 37.4 Å². The van der Waals surface area contributed by atoms with Gasteiger partial charge < -0.3 is 25.5 Å². The van der Waals surface area contributed by atoms with E-state index in [4.69, 9.17) is 19.6 Å². The molecule has 0 aromatic rings. The molecule has 0 aliphatic carbocycles. The molecule has 0 aliphatic heterocycles. The van der Waals surface area contributed by atoms with E-state index in [1.54, 1.807) is 0 Å². The van der Waals surface area contributed by atoms with Gasteiger partial charge in [0.05, 0.1) is 0 Å². The minimum atomic E-state index is -5.45. The van der Waals surface area contributed by atoms with Crippen LogP contribution in [-0.4, -0.2) is 25.5 Å². The summed E-state index contributed by atoms with van der Waals surface area (Å²) in [5.74, 6) is -1.30. The van der Waals surface area contributed by atoms with Crippen LogP contribution in [0.3, 0.4) is 0 Å². The van der Waals surface area contributed by atoms with Gasteiger partial charge in [-0.2, -0.15) is 8.62 Å². The summed E-state index contributed by atoms with van der Waals surface area (Å²) in [5, 5.41) is 0. The quantitative estimate of drug-likeness (QED) is 0.294. The van der Waals surface area contributed by atoms with Gasteiger partial charge in [0.15, 0.2) is 0 Å². The fourth-order valence-corrected chi connectivity index (χ4v) is 3.62. The Morgan fingerprint density at radius 2 is 1.39 bits per heavy atom. The van der Waals surface area contributed by atoms with Crippen molar-refractivity contribution in [3.05, 3.63) is 0 Å². The van der Waals surface area contributed by atoms with E-state index in [2.05, 4.69) is 13.1 Å². The molecule has 0 saturated carbocycles. The van der Waals surface area contributed by atoms with Crippen LogP contribution in [-0.2, 0) is 31.6 Å². The number of phosphoric acid groups is 3. The molecule has 4 N–H and O–H groups in total. The van der Waals surface area contributed by atoms with Crippen molar-refractivity contribution in [3.63, 3.8) is 0 Å². The van der Waals surface area contributed by atoms with Gasteiger partial charge in [0, 0.05) is 6.42 Å². The zero-order valence-electron chi connectivity index (χ0n) is 10.2. The smallest absolute Gasteiger partial charge is 1.00 e. The number of hydrogen-bond acceptors (Lipinski definition) is 7. The van der Waals surface area contributed by atoms with Crippen molar-refractivity contribution >= 4 is 29.4 Å². The average molecular weight is 338 g/mol. The fourth-order valence-electron chi connectivity index (χ4n) is 0.498. The van der Waals surface area contributed by atoms with Crippen molar-refractivity contribution < 1.29 is 82.2 Å². The van der Waals surface area contributed by atoms with E-state index >= 15 is 0 Å². The Morgan fingerprint density at radius 1 is 1.06 bits per heavy atom. The van der Waals surface area contributed by atoms with Gasteiger partial charge in [-0.15, -0.1) is 0 Å². The number of hydrogen-bond donors (Lipinski definition) is 4. The second-order valence-corrected chi connectivity index (χ2v) is 6.75. The van der Waals surface area contributed by atoms with E-state index in [1.807, 2.05) is 0 Å². The molecule has 104 valence electrons. The summed E-state index contributed by atoms with van der Waals surface area (Å²) in [6.45, 7) is 1.22. The van der Waals surface area contributed by atoms with Gasteiger partial charge in [-0.25, -0.2) is 13.7 Å². The predicted octanol–water partition coefficient (Wildman–Crippen LogP) is -2.62. The Bertz CT molecular complexity index is 397. The van der Waals surface area contributed by atoms with Crippen molar-refractivity contribution in [3.8, 4) is 0 Å². The van der Waals surface area contributed by atoms with Gasteiger partial charge in [0.2, 0.25) is 0 Å². The molecule has 0 aromatic carbocycles. The largest absolute Gasteiger partial charge is 1.00 e. The number of carbonyl (C=O) groups is 1. The molecule has 18 heavy (non-hydrogen) atoms. The average Bonchev–Trinajstić information content (AvgIpc) is 1.94. The van der Waals surface area contributed by atoms with Crippen molar-refractivity contribution in [2.24, 2.45) is 0 Å². The SMILES string of the molecule is CCC(=O)OP(=O)(OP(=O)(O)O)OP(=O)(O)O.[H-].[Na+]. The van der Waals surface area contributed by atoms with Gasteiger partial charge in [0.1, 0.15) is 0 Å². The minimum absolute atomic E-state index is 0. The van der Waals surface area contributed by atoms with Gasteiger partial charge >= 0.3 is 59.0 Å². The van der Waals surface area contributed by atoms with Crippen molar-refractivity contribution in [1.29, 1.82) is 0 Å². The molecule has 0 rings (SSSR count). The molecule has 0 bridgehead atoms. The van der Waals surface area contributed by atoms with Crippen LogP contribution in [0.25, 0.3) is 0 Å². The zero-order valence-corrected chi connectivity index (χ0v) is 13.9. The van der Waals surface area contributed by atoms with Crippen molar-refractivity contribution in [1.82, 2.24) is 0 Å². The second kappa shape index (κ2) is 7.64. The minimum Gasteiger partial charge on any atom is -1.00 e. The van der Waals surface area contributed by atoms with E-state index in [1.165, 1.54) is 6.92 Å². The summed E-state index contributed by atoms with van der Waals surface area (Å²) >= 11 is 0. The monoisotopic (exact) mass is 338 g/mol. The van der Waals surface area contributed by atoms with Gasteiger partial charge in [-0.1, -0.05) is 6.92 Å². The molecular weight excluding hydrogens is 328 g/mol. The summed E-state index contributed by atoms with van der Waals surface area (Å²) in [5.41, 5.74) is 0. The molecular formula is C3H10NaO11P3. The van der Waals surface area contributed by atoms with Crippen LogP contribution in [0.15, 0.2) is 0 Å². The topological polar surface area (TPSA) is 177 Å². The van der Waals surface area contributed by atoms with E-state index in [0.29, 0.717) is 0 Å². The molecule has 0 aromatic heterocycles. The summed E-state index contributed by atoms with van der Waals surface area (Å²) < 4.78 is 42.8. The maximum absolute atomic E-state index is 11.3. The Hall–Kier alpha value is 0.920. The molecule has 0 spiro atoms. The normalized spacial score (nSPS) is 12.7. The summed E-state index contributed by atoms with van der Waals surface area (Å²) in [4.78, 5) is 44.1. The van der Waals surface area contributed by atoms with E-state index in [9.17, 15) is 18.5 Å². The molecule has 11 nitrogen and oxygen atoms in total. The standard InChI is InChI=1S/C3H9O11P3.Na.H/c1-2-3(4)12-17(11,13-15(5,6)7)14-16(8,9)10;;/h2H2,1H3,(H2,5,6,7)(H2,8,9,10);;/q;+1;-1. The fraction of sp³-hybridized carbons (Fsp3) is 0.667. The first-order valence-corrected chi connectivity index (χ1v) is 8.25. The molecule has 0 unspecified atom stereocenters. The zero-order chi connectivity index (χ0) is 13.9. The van der Waals surface area contributed by atoms with E-state index in [0.717, 1.165) is 0 Å². The summed E-state index contributed by atoms with van der Waals surface area (Å²) in [6.07, 6.45) is -0.390. The molecule has 0 radical (unpaired) electrons. The molecule has 0 amide bonds. The third-order valence-corrected chi connectivity index (χ3v) is 4.64. The number of carbonyl (C=O) groups excluding carboxylic acids is 1. The molecule has 0 saturated heterocycles. The van der Waals surface area contributed by atoms with E-state index < -0.39 is 29.4 Å². The van der Waals surface area contributed by atoms with Crippen LogP contribution in [0.1, 0.15) is 14.8 Å². The Balaban J connectivity index is -0.00000128. The van der Waals surface area contributed by atoms with Gasteiger partial charge in [0.25, 0.3) is 0 Å². The van der Waals surface area contributed by atoms with Crippen LogP contribution in [0.4, 0.5) is 0 Å². The van der Waals surface area contributed by atoms with Crippen LogP contribution in [0.2, 0.25) is 0 Å². The maximum atomic E-state index is 11.3. The molecule has 0 aliphatic rings. The predicted molar refractivity (Wildman–Crippen MR) is 51.4 cm³/mol. The summed E-state index contributed by atoms with van der Waals surface area (Å²) in [6, 6.07) is 0. The van der Waals surface area contributed by atoms with Crippen molar-refractivity contribution in [2.75, 3.05) is 0 Å². The second-order valence-electron chi connectivity index (χ2n) is 2.41. The third kappa shape index (κ3) is 10.8. The Morgan fingerprint density at radius 3 is 1.61 bits per heavy atom. The van der Waals surface area contributed by atoms with Crippen LogP contribution in [0.5, 0.6) is 0 Å². The van der Waals surface area contributed by atoms with Crippen LogP contribution in [0, 0.1) is 0 Å². The maximum Gasteiger partial charge on any atom is 1.00 e. The van der Waals surface area contributed by atoms with Crippen LogP contribution < -0.4 is 29.6 Å². The third-order valence-electron chi connectivity index (χ3n) is 0.915. The first kappa shape index (κ1) is 21.2. The Labute approximate surface area is 125 Å². The first-order chi connectivity index (χ1) is 7.37. The molecule has 0 heterocycles. The molecule has 0 atom stereocenters. The number of rotatable bonds is 6. The van der Waals surface area contributed by atoms with Crippen molar-refractivity contribution in [2.45, 2.75) is 13.3 Å². The molecule has 15 heteroatoms. The summed E-state index contributed by atoms with van der Waals surface area (Å²) in [7, 11) is -16.3. The molecule has 0 fully saturated rings. The first-order valence-electron chi connectivity index (χ1n) is 3.73.